The van der Waals surface area contributed by atoms with Crippen LogP contribution in [0.3, 0.4) is 0 Å². The van der Waals surface area contributed by atoms with Gasteiger partial charge in [-0.25, -0.2) is 8.42 Å². The van der Waals surface area contributed by atoms with Crippen molar-refractivity contribution in [3.63, 3.8) is 0 Å². The maximum atomic E-state index is 12.3. The van der Waals surface area contributed by atoms with Crippen molar-refractivity contribution in [1.29, 1.82) is 5.26 Å². The van der Waals surface area contributed by atoms with Crippen molar-refractivity contribution >= 4 is 49.9 Å². The summed E-state index contributed by atoms with van der Waals surface area (Å²) in [6.07, 6.45) is 0.247. The Morgan fingerprint density at radius 3 is 2.43 bits per heavy atom. The quantitative estimate of drug-likeness (QED) is 0.747. The Morgan fingerprint density at radius 1 is 1.19 bits per heavy atom. The SMILES string of the molecule is N#CCc1ccc(S(=O)(=O)Nc2ccc(I)cc2Cl)cc1. The summed E-state index contributed by atoms with van der Waals surface area (Å²) in [6, 6.07) is 13.2. The van der Waals surface area contributed by atoms with E-state index < -0.39 is 10.0 Å². The second kappa shape index (κ2) is 6.64. The Morgan fingerprint density at radius 2 is 1.86 bits per heavy atom. The molecule has 2 rings (SSSR count). The minimum absolute atomic E-state index is 0.124. The van der Waals surface area contributed by atoms with E-state index >= 15 is 0 Å². The standard InChI is InChI=1S/C14H10ClIN2O2S/c15-13-9-11(16)3-6-14(13)18-21(19,20)12-4-1-10(2-5-12)7-8-17/h1-6,9,18H,7H2. The molecule has 2 aromatic carbocycles. The van der Waals surface area contributed by atoms with Gasteiger partial charge in [0.1, 0.15) is 0 Å². The molecule has 0 spiro atoms. The number of nitriles is 1. The summed E-state index contributed by atoms with van der Waals surface area (Å²) in [7, 11) is -3.70. The predicted octanol–water partition coefficient (Wildman–Crippen LogP) is 3.81. The molecular weight excluding hydrogens is 423 g/mol. The monoisotopic (exact) mass is 432 g/mol. The van der Waals surface area contributed by atoms with Gasteiger partial charge in [-0.2, -0.15) is 5.26 Å². The van der Waals surface area contributed by atoms with E-state index in [1.165, 1.54) is 12.1 Å². The zero-order valence-electron chi connectivity index (χ0n) is 10.7. The average molecular weight is 433 g/mol. The lowest BCUT2D eigenvalue weighted by atomic mass is 10.2. The van der Waals surface area contributed by atoms with E-state index in [1.54, 1.807) is 30.3 Å². The Kier molecular flexibility index (Phi) is 5.08. The van der Waals surface area contributed by atoms with E-state index in [2.05, 4.69) is 27.3 Å². The van der Waals surface area contributed by atoms with Crippen LogP contribution < -0.4 is 4.72 Å². The molecule has 0 saturated heterocycles. The number of nitrogens with zero attached hydrogens (tertiary/aromatic N) is 1. The molecule has 0 atom stereocenters. The second-order valence-corrected chi connectivity index (χ2v) is 7.54. The Hall–Kier alpha value is -1.30. The highest BCUT2D eigenvalue weighted by Crippen LogP contribution is 2.26. The number of halogens is 2. The van der Waals surface area contributed by atoms with Crippen molar-refractivity contribution in [3.8, 4) is 6.07 Å². The number of anilines is 1. The van der Waals surface area contributed by atoms with Crippen LogP contribution in [0.1, 0.15) is 5.56 Å². The van der Waals surface area contributed by atoms with Gasteiger partial charge in [-0.1, -0.05) is 23.7 Å². The van der Waals surface area contributed by atoms with Crippen LogP contribution >= 0.6 is 34.2 Å². The third-order valence-corrected chi connectivity index (χ3v) is 5.06. The Balaban J connectivity index is 2.27. The lowest BCUT2D eigenvalue weighted by Crippen LogP contribution is -2.13. The third kappa shape index (κ3) is 4.09. The van der Waals surface area contributed by atoms with Crippen molar-refractivity contribution < 1.29 is 8.42 Å². The Labute approximate surface area is 141 Å². The minimum atomic E-state index is -3.70. The van der Waals surface area contributed by atoms with E-state index in [9.17, 15) is 8.42 Å². The van der Waals surface area contributed by atoms with Gasteiger partial charge < -0.3 is 0 Å². The molecule has 2 aromatic rings. The minimum Gasteiger partial charge on any atom is -0.278 e. The lowest BCUT2D eigenvalue weighted by molar-refractivity contribution is 0.601. The highest BCUT2D eigenvalue weighted by atomic mass is 127. The van der Waals surface area contributed by atoms with Crippen molar-refractivity contribution in [2.45, 2.75) is 11.3 Å². The first-order valence-corrected chi connectivity index (χ1v) is 8.80. The molecule has 7 heteroatoms. The fourth-order valence-electron chi connectivity index (χ4n) is 1.65. The molecule has 0 aromatic heterocycles. The second-order valence-electron chi connectivity index (χ2n) is 4.21. The van der Waals surface area contributed by atoms with E-state index in [4.69, 9.17) is 16.9 Å². The van der Waals surface area contributed by atoms with Crippen LogP contribution in [0.4, 0.5) is 5.69 Å². The van der Waals surface area contributed by atoms with Crippen molar-refractivity contribution in [3.05, 3.63) is 56.6 Å². The molecule has 1 N–H and O–H groups in total. The van der Waals surface area contributed by atoms with Gasteiger partial charge in [0.25, 0.3) is 10.0 Å². The van der Waals surface area contributed by atoms with Crippen LogP contribution in [-0.2, 0) is 16.4 Å². The summed E-state index contributed by atoms with van der Waals surface area (Å²) in [5.41, 5.74) is 1.10. The van der Waals surface area contributed by atoms with Gasteiger partial charge in [0.2, 0.25) is 0 Å². The van der Waals surface area contributed by atoms with Gasteiger partial charge >= 0.3 is 0 Å². The summed E-state index contributed by atoms with van der Waals surface area (Å²) in [5, 5.41) is 8.94. The average Bonchev–Trinajstić information content (AvgIpc) is 2.43. The van der Waals surface area contributed by atoms with Crippen molar-refractivity contribution in [2.75, 3.05) is 4.72 Å². The van der Waals surface area contributed by atoms with Gasteiger partial charge in [-0.05, 0) is 58.5 Å². The van der Waals surface area contributed by atoms with Crippen LogP contribution in [0, 0.1) is 14.9 Å². The molecule has 4 nitrogen and oxygen atoms in total. The van der Waals surface area contributed by atoms with Crippen molar-refractivity contribution in [2.24, 2.45) is 0 Å². The number of rotatable bonds is 4. The third-order valence-electron chi connectivity index (χ3n) is 2.69. The zero-order chi connectivity index (χ0) is 15.5. The Bertz CT molecular complexity index is 799. The predicted molar refractivity (Wildman–Crippen MR) is 90.7 cm³/mol. The molecule has 0 amide bonds. The number of sulfonamides is 1. The van der Waals surface area contributed by atoms with E-state index in [1.807, 2.05) is 6.07 Å². The van der Waals surface area contributed by atoms with Gasteiger partial charge in [0.15, 0.2) is 0 Å². The molecule has 0 fully saturated rings. The molecule has 0 aliphatic rings. The molecule has 0 heterocycles. The molecule has 0 aliphatic heterocycles. The first kappa shape index (κ1) is 16.1. The van der Waals surface area contributed by atoms with Gasteiger partial charge in [-0.15, -0.1) is 0 Å². The van der Waals surface area contributed by atoms with Crippen LogP contribution in [0.15, 0.2) is 47.4 Å². The summed E-state index contributed by atoms with van der Waals surface area (Å²) < 4.78 is 27.9. The smallest absolute Gasteiger partial charge is 0.261 e. The van der Waals surface area contributed by atoms with Crippen LogP contribution in [0.2, 0.25) is 5.02 Å². The first-order chi connectivity index (χ1) is 9.92. The molecule has 0 radical (unpaired) electrons. The number of hydrogen-bond donors (Lipinski definition) is 1. The van der Waals surface area contributed by atoms with Gasteiger partial charge in [0, 0.05) is 3.57 Å². The first-order valence-electron chi connectivity index (χ1n) is 5.86. The summed E-state index contributed by atoms with van der Waals surface area (Å²) in [6.45, 7) is 0. The fraction of sp³-hybridized carbons (Fsp3) is 0.0714. The lowest BCUT2D eigenvalue weighted by Gasteiger charge is -2.10. The van der Waals surface area contributed by atoms with Crippen LogP contribution in [-0.4, -0.2) is 8.42 Å². The molecule has 0 aliphatic carbocycles. The normalized spacial score (nSPS) is 10.9. The fourth-order valence-corrected chi connectivity index (χ4v) is 3.69. The van der Waals surface area contributed by atoms with Crippen LogP contribution in [0.25, 0.3) is 0 Å². The number of nitrogens with one attached hydrogen (secondary N) is 1. The number of hydrogen-bond acceptors (Lipinski definition) is 3. The number of benzene rings is 2. The molecule has 0 unspecified atom stereocenters. The highest BCUT2D eigenvalue weighted by Gasteiger charge is 2.15. The molecule has 108 valence electrons. The summed E-state index contributed by atoms with van der Waals surface area (Å²) in [4.78, 5) is 0.124. The summed E-state index contributed by atoms with van der Waals surface area (Å²) in [5.74, 6) is 0. The van der Waals surface area contributed by atoms with Crippen LogP contribution in [0.5, 0.6) is 0 Å². The molecule has 0 saturated carbocycles. The zero-order valence-corrected chi connectivity index (χ0v) is 14.4. The highest BCUT2D eigenvalue weighted by molar-refractivity contribution is 14.1. The van der Waals surface area contributed by atoms with E-state index in [-0.39, 0.29) is 11.3 Å². The van der Waals surface area contributed by atoms with E-state index in [0.29, 0.717) is 10.7 Å². The molecule has 0 bridgehead atoms. The van der Waals surface area contributed by atoms with Gasteiger partial charge in [0.05, 0.1) is 28.1 Å². The summed E-state index contributed by atoms with van der Waals surface area (Å²) >= 11 is 8.12. The van der Waals surface area contributed by atoms with E-state index in [0.717, 1.165) is 9.13 Å². The molecule has 21 heavy (non-hydrogen) atoms. The maximum Gasteiger partial charge on any atom is 0.261 e. The van der Waals surface area contributed by atoms with Crippen molar-refractivity contribution in [1.82, 2.24) is 0 Å². The molecular formula is C14H10ClIN2O2S. The largest absolute Gasteiger partial charge is 0.278 e. The topological polar surface area (TPSA) is 70.0 Å². The maximum absolute atomic E-state index is 12.3. The van der Waals surface area contributed by atoms with Gasteiger partial charge in [-0.3, -0.25) is 4.72 Å².